The second-order valence-electron chi connectivity index (χ2n) is 5.17. The molecule has 0 fully saturated rings. The molecule has 0 bridgehead atoms. The van der Waals surface area contributed by atoms with E-state index < -0.39 is 0 Å². The van der Waals surface area contributed by atoms with E-state index in [0.29, 0.717) is 6.61 Å². The molecule has 5 nitrogen and oxygen atoms in total. The Morgan fingerprint density at radius 1 is 0.955 bits per heavy atom. The van der Waals surface area contributed by atoms with E-state index >= 15 is 0 Å². The molecule has 22 heavy (non-hydrogen) atoms. The molecule has 0 aliphatic heterocycles. The smallest absolute Gasteiger partial charge is 0.233 e. The molecule has 0 atom stereocenters. The van der Waals surface area contributed by atoms with Crippen molar-refractivity contribution >= 4 is 16.8 Å². The third kappa shape index (κ3) is 2.11. The molecule has 0 unspecified atom stereocenters. The SMILES string of the molecule is Cc1nc2n(CCOc3ccccc3)c3ccccc3n2n1. The summed E-state index contributed by atoms with van der Waals surface area (Å²) >= 11 is 0. The topological polar surface area (TPSA) is 44.4 Å². The van der Waals surface area contributed by atoms with Crippen LogP contribution in [0.2, 0.25) is 0 Å². The van der Waals surface area contributed by atoms with Crippen LogP contribution in [0, 0.1) is 6.92 Å². The third-order valence-corrected chi connectivity index (χ3v) is 3.66. The first-order valence-electron chi connectivity index (χ1n) is 7.31. The van der Waals surface area contributed by atoms with Gasteiger partial charge in [-0.3, -0.25) is 0 Å². The monoisotopic (exact) mass is 292 g/mol. The summed E-state index contributed by atoms with van der Waals surface area (Å²) in [5.41, 5.74) is 2.19. The van der Waals surface area contributed by atoms with Crippen molar-refractivity contribution in [1.29, 1.82) is 0 Å². The lowest BCUT2D eigenvalue weighted by Crippen LogP contribution is -2.08. The molecule has 2 aromatic carbocycles. The molecule has 0 aliphatic carbocycles. The summed E-state index contributed by atoms with van der Waals surface area (Å²) in [7, 11) is 0. The van der Waals surface area contributed by atoms with Crippen LogP contribution in [0.5, 0.6) is 5.75 Å². The van der Waals surface area contributed by atoms with Gasteiger partial charge >= 0.3 is 0 Å². The first-order valence-corrected chi connectivity index (χ1v) is 7.31. The molecule has 2 aromatic heterocycles. The molecule has 0 saturated heterocycles. The summed E-state index contributed by atoms with van der Waals surface area (Å²) in [6.07, 6.45) is 0. The predicted octanol–water partition coefficient (Wildman–Crippen LogP) is 3.07. The Morgan fingerprint density at radius 2 is 1.68 bits per heavy atom. The maximum absolute atomic E-state index is 5.81. The molecule has 5 heteroatoms. The Morgan fingerprint density at radius 3 is 2.50 bits per heavy atom. The largest absolute Gasteiger partial charge is 0.492 e. The minimum Gasteiger partial charge on any atom is -0.492 e. The molecule has 4 aromatic rings. The van der Waals surface area contributed by atoms with Gasteiger partial charge in [0.1, 0.15) is 18.2 Å². The van der Waals surface area contributed by atoms with E-state index in [2.05, 4.69) is 26.8 Å². The van der Waals surface area contributed by atoms with Crippen molar-refractivity contribution in [1.82, 2.24) is 19.2 Å². The number of benzene rings is 2. The van der Waals surface area contributed by atoms with Gasteiger partial charge in [0.2, 0.25) is 5.78 Å². The lowest BCUT2D eigenvalue weighted by atomic mass is 10.3. The molecule has 0 spiro atoms. The Balaban J connectivity index is 1.67. The van der Waals surface area contributed by atoms with E-state index in [1.807, 2.05) is 53.9 Å². The van der Waals surface area contributed by atoms with Crippen molar-refractivity contribution < 1.29 is 4.74 Å². The fourth-order valence-electron chi connectivity index (χ4n) is 2.71. The van der Waals surface area contributed by atoms with Crippen LogP contribution in [0.3, 0.4) is 0 Å². The number of para-hydroxylation sites is 3. The first-order chi connectivity index (χ1) is 10.8. The van der Waals surface area contributed by atoms with Gasteiger partial charge in [-0.05, 0) is 31.2 Å². The van der Waals surface area contributed by atoms with Gasteiger partial charge in [0.15, 0.2) is 0 Å². The zero-order valence-corrected chi connectivity index (χ0v) is 12.3. The second kappa shape index (κ2) is 5.18. The van der Waals surface area contributed by atoms with Crippen molar-refractivity contribution in [2.45, 2.75) is 13.5 Å². The van der Waals surface area contributed by atoms with E-state index in [1.165, 1.54) is 0 Å². The van der Waals surface area contributed by atoms with Gasteiger partial charge in [-0.2, -0.15) is 9.50 Å². The molecule has 110 valence electrons. The molecular formula is C17H16N4O. The number of rotatable bonds is 4. The molecule has 0 saturated carbocycles. The van der Waals surface area contributed by atoms with Crippen LogP contribution in [0.4, 0.5) is 0 Å². The Kier molecular flexibility index (Phi) is 3.04. The van der Waals surface area contributed by atoms with Crippen LogP contribution >= 0.6 is 0 Å². The standard InChI is InChI=1S/C17H16N4O/c1-13-18-17-20(11-12-22-14-7-3-2-4-8-14)15-9-5-6-10-16(15)21(17)19-13/h2-10H,11-12H2,1H3. The van der Waals surface area contributed by atoms with Crippen molar-refractivity contribution in [3.63, 3.8) is 0 Å². The summed E-state index contributed by atoms with van der Waals surface area (Å²) in [6.45, 7) is 3.22. The number of fused-ring (bicyclic) bond motifs is 3. The fraction of sp³-hybridized carbons (Fsp3) is 0.176. The van der Waals surface area contributed by atoms with Gasteiger partial charge in [0.25, 0.3) is 0 Å². The minimum absolute atomic E-state index is 0.588. The first kappa shape index (κ1) is 12.9. The van der Waals surface area contributed by atoms with Crippen LogP contribution in [0.25, 0.3) is 16.8 Å². The van der Waals surface area contributed by atoms with Crippen LogP contribution in [-0.2, 0) is 6.54 Å². The number of aromatic nitrogens is 4. The van der Waals surface area contributed by atoms with Crippen molar-refractivity contribution in [2.24, 2.45) is 0 Å². The van der Waals surface area contributed by atoms with E-state index in [-0.39, 0.29) is 0 Å². The third-order valence-electron chi connectivity index (χ3n) is 3.66. The number of imidazole rings is 1. The Labute approximate surface area is 127 Å². The van der Waals surface area contributed by atoms with Crippen molar-refractivity contribution in [3.05, 3.63) is 60.4 Å². The summed E-state index contributed by atoms with van der Waals surface area (Å²) in [6, 6.07) is 18.0. The van der Waals surface area contributed by atoms with Gasteiger partial charge in [-0.15, -0.1) is 5.10 Å². The number of nitrogens with zero attached hydrogens (tertiary/aromatic N) is 4. The summed E-state index contributed by atoms with van der Waals surface area (Å²) < 4.78 is 9.85. The van der Waals surface area contributed by atoms with E-state index in [0.717, 1.165) is 34.9 Å². The average Bonchev–Trinajstić information content (AvgIpc) is 3.05. The fourth-order valence-corrected chi connectivity index (χ4v) is 2.71. The van der Waals surface area contributed by atoms with E-state index in [4.69, 9.17) is 4.74 Å². The zero-order chi connectivity index (χ0) is 14.9. The maximum Gasteiger partial charge on any atom is 0.233 e. The number of hydrogen-bond donors (Lipinski definition) is 0. The summed E-state index contributed by atoms with van der Waals surface area (Å²) in [5, 5.41) is 4.47. The number of ether oxygens (including phenoxy) is 1. The summed E-state index contributed by atoms with van der Waals surface area (Å²) in [4.78, 5) is 4.54. The maximum atomic E-state index is 5.81. The number of aryl methyl sites for hydroxylation is 1. The highest BCUT2D eigenvalue weighted by Gasteiger charge is 2.13. The molecule has 0 radical (unpaired) electrons. The highest BCUT2D eigenvalue weighted by atomic mass is 16.5. The average molecular weight is 292 g/mol. The highest BCUT2D eigenvalue weighted by molar-refractivity contribution is 5.80. The van der Waals surface area contributed by atoms with Crippen LogP contribution in [0.1, 0.15) is 5.82 Å². The minimum atomic E-state index is 0.588. The molecular weight excluding hydrogens is 276 g/mol. The Hall–Kier alpha value is -2.82. The van der Waals surface area contributed by atoms with Gasteiger partial charge in [0.05, 0.1) is 17.6 Å². The second-order valence-corrected chi connectivity index (χ2v) is 5.17. The van der Waals surface area contributed by atoms with Crippen molar-refractivity contribution in [2.75, 3.05) is 6.61 Å². The number of hydrogen-bond acceptors (Lipinski definition) is 3. The van der Waals surface area contributed by atoms with E-state index in [1.54, 1.807) is 0 Å². The lowest BCUT2D eigenvalue weighted by Gasteiger charge is -2.07. The van der Waals surface area contributed by atoms with Gasteiger partial charge in [0, 0.05) is 0 Å². The quantitative estimate of drug-likeness (QED) is 0.580. The Bertz CT molecular complexity index is 924. The molecule has 0 N–H and O–H groups in total. The molecule has 0 amide bonds. The normalized spacial score (nSPS) is 11.3. The van der Waals surface area contributed by atoms with Gasteiger partial charge < -0.3 is 9.30 Å². The van der Waals surface area contributed by atoms with Crippen molar-refractivity contribution in [3.8, 4) is 5.75 Å². The van der Waals surface area contributed by atoms with Crippen LogP contribution in [-0.4, -0.2) is 25.8 Å². The summed E-state index contributed by atoms with van der Waals surface area (Å²) in [5.74, 6) is 2.52. The lowest BCUT2D eigenvalue weighted by molar-refractivity contribution is 0.301. The molecule has 4 rings (SSSR count). The molecule has 0 aliphatic rings. The van der Waals surface area contributed by atoms with Gasteiger partial charge in [-0.25, -0.2) is 0 Å². The van der Waals surface area contributed by atoms with Gasteiger partial charge in [-0.1, -0.05) is 30.3 Å². The van der Waals surface area contributed by atoms with Crippen LogP contribution in [0.15, 0.2) is 54.6 Å². The van der Waals surface area contributed by atoms with Crippen LogP contribution < -0.4 is 4.74 Å². The zero-order valence-electron chi connectivity index (χ0n) is 12.3. The molecule has 2 heterocycles. The van der Waals surface area contributed by atoms with E-state index in [9.17, 15) is 0 Å². The highest BCUT2D eigenvalue weighted by Crippen LogP contribution is 2.19. The predicted molar refractivity (Wildman–Crippen MR) is 85.2 cm³/mol.